The number of halogens is 1. The van der Waals surface area contributed by atoms with Crippen LogP contribution < -0.4 is 4.74 Å². The minimum Gasteiger partial charge on any atom is -0.496 e. The van der Waals surface area contributed by atoms with Crippen LogP contribution in [0.5, 0.6) is 5.75 Å². The van der Waals surface area contributed by atoms with E-state index in [1.165, 1.54) is 0 Å². The summed E-state index contributed by atoms with van der Waals surface area (Å²) in [6, 6.07) is 11.9. The number of carbonyl (C=O) groups is 1. The number of nitrogens with zero attached hydrogens (tertiary/aromatic N) is 3. The number of benzene rings is 1. The first kappa shape index (κ1) is 35.0. The number of ether oxygens (including phenoxy) is 3. The molecule has 1 aliphatic heterocycles. The quantitative estimate of drug-likeness (QED) is 0.0887. The third-order valence-corrected chi connectivity index (χ3v) is 11.2. The summed E-state index contributed by atoms with van der Waals surface area (Å²) in [5, 5.41) is 8.65. The van der Waals surface area contributed by atoms with Crippen LogP contribution in [0.25, 0.3) is 11.4 Å². The zero-order valence-electron chi connectivity index (χ0n) is 27.3. The molecule has 0 bridgehead atoms. The SMILES string of the molecule is COc1cc(-c2noc(CCCN(C)C3CCC(OOC(=O)C(c4cccs4)c4cccs4)CC3)n2)c(Cl)cc1COC1CCCCO1. The molecule has 4 heterocycles. The summed E-state index contributed by atoms with van der Waals surface area (Å²) in [4.78, 5) is 33.0. The van der Waals surface area contributed by atoms with Crippen molar-refractivity contribution in [3.63, 3.8) is 0 Å². The van der Waals surface area contributed by atoms with Gasteiger partial charge in [-0.25, -0.2) is 4.79 Å². The van der Waals surface area contributed by atoms with Gasteiger partial charge in [0.15, 0.2) is 6.29 Å². The molecule has 2 fully saturated rings. The first-order chi connectivity index (χ1) is 23.5. The monoisotopic (exact) mass is 715 g/mol. The standard InChI is InChI=1S/C35H42ClN3O7S2/c1-39(24-12-14-25(15-13-24)45-46-35(40)33(29-8-6-18-47-29)30-9-7-19-48-30)16-5-10-31-37-34(38-44-31)26-21-28(41-2)23(20-27(26)36)22-43-32-11-3-4-17-42-32/h6-9,18-21,24-25,32-33H,3-5,10-17,22H2,1-2H3. The molecule has 13 heteroatoms. The summed E-state index contributed by atoms with van der Waals surface area (Å²) < 4.78 is 22.8. The molecule has 0 N–H and O–H groups in total. The van der Waals surface area contributed by atoms with Gasteiger partial charge < -0.3 is 23.6 Å². The van der Waals surface area contributed by atoms with Crippen LogP contribution in [0.4, 0.5) is 0 Å². The van der Waals surface area contributed by atoms with Gasteiger partial charge in [-0.05, 0) is 100.0 Å². The van der Waals surface area contributed by atoms with Gasteiger partial charge in [0.05, 0.1) is 18.7 Å². The Hall–Kier alpha value is -2.84. The van der Waals surface area contributed by atoms with Gasteiger partial charge in [0.2, 0.25) is 11.7 Å². The summed E-state index contributed by atoms with van der Waals surface area (Å²) >= 11 is 9.75. The fraction of sp³-hybridized carbons (Fsp3) is 0.514. The first-order valence-electron chi connectivity index (χ1n) is 16.5. The fourth-order valence-electron chi connectivity index (χ4n) is 6.25. The molecule has 48 heavy (non-hydrogen) atoms. The van der Waals surface area contributed by atoms with Crippen LogP contribution in [-0.2, 0) is 37.1 Å². The third kappa shape index (κ3) is 9.03. The van der Waals surface area contributed by atoms with Crippen LogP contribution >= 0.6 is 34.3 Å². The zero-order valence-corrected chi connectivity index (χ0v) is 29.7. The molecule has 1 aliphatic carbocycles. The maximum absolute atomic E-state index is 13.0. The average molecular weight is 716 g/mol. The largest absolute Gasteiger partial charge is 0.496 e. The van der Waals surface area contributed by atoms with Crippen molar-refractivity contribution < 1.29 is 33.3 Å². The van der Waals surface area contributed by atoms with Crippen LogP contribution in [0.1, 0.15) is 78.5 Å². The van der Waals surface area contributed by atoms with E-state index in [4.69, 9.17) is 40.1 Å². The summed E-state index contributed by atoms with van der Waals surface area (Å²) in [5.41, 5.74) is 1.49. The number of hydrogen-bond acceptors (Lipinski definition) is 12. The van der Waals surface area contributed by atoms with Gasteiger partial charge in [0, 0.05) is 40.0 Å². The predicted molar refractivity (Wildman–Crippen MR) is 184 cm³/mol. The maximum Gasteiger partial charge on any atom is 0.355 e. The predicted octanol–water partition coefficient (Wildman–Crippen LogP) is 8.05. The van der Waals surface area contributed by atoms with E-state index < -0.39 is 5.92 Å². The van der Waals surface area contributed by atoms with Crippen LogP contribution in [0.3, 0.4) is 0 Å². The van der Waals surface area contributed by atoms with Crippen LogP contribution in [0.2, 0.25) is 5.02 Å². The lowest BCUT2D eigenvalue weighted by molar-refractivity contribution is -0.303. The van der Waals surface area contributed by atoms with E-state index in [9.17, 15) is 4.79 Å². The molecular weight excluding hydrogens is 674 g/mol. The van der Waals surface area contributed by atoms with E-state index in [0.717, 1.165) is 79.8 Å². The average Bonchev–Trinajstić information content (AvgIpc) is 3.92. The van der Waals surface area contributed by atoms with Gasteiger partial charge in [-0.3, -0.25) is 4.89 Å². The highest BCUT2D eigenvalue weighted by Gasteiger charge is 2.30. The van der Waals surface area contributed by atoms with E-state index in [1.807, 2.05) is 47.2 Å². The van der Waals surface area contributed by atoms with E-state index in [1.54, 1.807) is 29.8 Å². The Morgan fingerprint density at radius 3 is 2.52 bits per heavy atom. The lowest BCUT2D eigenvalue weighted by Gasteiger charge is -2.33. The van der Waals surface area contributed by atoms with Crippen molar-refractivity contribution in [3.05, 3.63) is 73.4 Å². The molecule has 1 saturated carbocycles. The second kappa shape index (κ2) is 17.2. The highest BCUT2D eigenvalue weighted by molar-refractivity contribution is 7.11. The minimum absolute atomic E-state index is 0.0966. The first-order valence-corrected chi connectivity index (χ1v) is 18.7. The van der Waals surface area contributed by atoms with E-state index in [0.29, 0.717) is 47.1 Å². The molecule has 1 saturated heterocycles. The lowest BCUT2D eigenvalue weighted by Crippen LogP contribution is -2.38. The van der Waals surface area contributed by atoms with Gasteiger partial charge in [-0.1, -0.05) is 28.9 Å². The normalized spacial score (nSPS) is 20.0. The van der Waals surface area contributed by atoms with Crippen molar-refractivity contribution in [1.82, 2.24) is 15.0 Å². The molecule has 258 valence electrons. The van der Waals surface area contributed by atoms with Gasteiger partial charge in [0.1, 0.15) is 17.8 Å². The van der Waals surface area contributed by atoms with Crippen molar-refractivity contribution in [3.8, 4) is 17.1 Å². The lowest BCUT2D eigenvalue weighted by atomic mass is 9.92. The smallest absolute Gasteiger partial charge is 0.355 e. The molecule has 0 spiro atoms. The molecule has 0 radical (unpaired) electrons. The summed E-state index contributed by atoms with van der Waals surface area (Å²) in [5.74, 6) is 0.835. The topological polar surface area (TPSA) is 105 Å². The molecule has 2 aliphatic rings. The summed E-state index contributed by atoms with van der Waals surface area (Å²) in [7, 11) is 3.77. The highest BCUT2D eigenvalue weighted by atomic mass is 35.5. The Morgan fingerprint density at radius 2 is 1.85 bits per heavy atom. The van der Waals surface area contributed by atoms with Crippen molar-refractivity contribution in [1.29, 1.82) is 0 Å². The third-order valence-electron chi connectivity index (χ3n) is 8.97. The maximum atomic E-state index is 13.0. The van der Waals surface area contributed by atoms with Crippen LogP contribution in [0.15, 0.2) is 51.7 Å². The number of rotatable bonds is 15. The summed E-state index contributed by atoms with van der Waals surface area (Å²) in [6.45, 7) is 1.95. The van der Waals surface area contributed by atoms with Crippen molar-refractivity contribution in [2.24, 2.45) is 0 Å². The number of carbonyl (C=O) groups excluding carboxylic acids is 1. The molecule has 1 aromatic carbocycles. The Morgan fingerprint density at radius 1 is 1.08 bits per heavy atom. The van der Waals surface area contributed by atoms with E-state index >= 15 is 0 Å². The molecule has 4 aromatic rings. The minimum atomic E-state index is -0.450. The van der Waals surface area contributed by atoms with Gasteiger partial charge in [-0.15, -0.1) is 22.7 Å². The fourth-order valence-corrected chi connectivity index (χ4v) is 8.26. The number of methoxy groups -OCH3 is 1. The molecule has 6 rings (SSSR count). The molecule has 3 aromatic heterocycles. The number of aromatic nitrogens is 2. The molecule has 1 atom stereocenters. The Bertz CT molecular complexity index is 1530. The molecule has 1 unspecified atom stereocenters. The van der Waals surface area contributed by atoms with Crippen LogP contribution in [0, 0.1) is 0 Å². The van der Waals surface area contributed by atoms with E-state index in [-0.39, 0.29) is 18.4 Å². The molecular formula is C35H42ClN3O7S2. The second-order valence-electron chi connectivity index (χ2n) is 12.2. The number of hydrogen-bond donors (Lipinski definition) is 0. The van der Waals surface area contributed by atoms with Gasteiger partial charge in [0.25, 0.3) is 0 Å². The molecule has 0 amide bonds. The van der Waals surface area contributed by atoms with Crippen LogP contribution in [-0.4, -0.2) is 66.8 Å². The summed E-state index contributed by atoms with van der Waals surface area (Å²) in [6.07, 6.45) is 7.90. The zero-order chi connectivity index (χ0) is 33.3. The van der Waals surface area contributed by atoms with Gasteiger partial charge in [-0.2, -0.15) is 9.87 Å². The van der Waals surface area contributed by atoms with Crippen molar-refractivity contribution in [2.45, 2.75) is 88.7 Å². The molecule has 10 nitrogen and oxygen atoms in total. The Balaban J connectivity index is 0.931. The van der Waals surface area contributed by atoms with Gasteiger partial charge >= 0.3 is 5.97 Å². The number of aryl methyl sites for hydroxylation is 1. The van der Waals surface area contributed by atoms with Crippen molar-refractivity contribution >= 4 is 40.2 Å². The second-order valence-corrected chi connectivity index (χ2v) is 14.6. The van der Waals surface area contributed by atoms with Crippen molar-refractivity contribution in [2.75, 3.05) is 27.3 Å². The highest BCUT2D eigenvalue weighted by Crippen LogP contribution is 2.35. The van der Waals surface area contributed by atoms with E-state index in [2.05, 4.69) is 22.1 Å². The Kier molecular flexibility index (Phi) is 12.5. The number of thiophene rings is 2. The Labute approximate surface area is 294 Å².